The number of nitrogens with zero attached hydrogens (tertiary/aromatic N) is 2. The van der Waals surface area contributed by atoms with E-state index in [1.165, 1.54) is 18.5 Å². The minimum Gasteiger partial charge on any atom is -0.372 e. The molecule has 0 amide bonds. The first-order valence-electron chi connectivity index (χ1n) is 5.74. The number of aromatic nitrogens is 2. The van der Waals surface area contributed by atoms with Crippen molar-refractivity contribution >= 4 is 5.69 Å². The van der Waals surface area contributed by atoms with Crippen LogP contribution in [0, 0.1) is 0 Å². The number of H-pyrrole nitrogens is 1. The van der Waals surface area contributed by atoms with Crippen LogP contribution in [0.15, 0.2) is 33.6 Å². The molecule has 1 fully saturated rings. The normalized spacial score (nSPS) is 15.4. The van der Waals surface area contributed by atoms with E-state index in [0.717, 1.165) is 18.7 Å². The van der Waals surface area contributed by atoms with Crippen LogP contribution in [-0.4, -0.2) is 23.2 Å². The van der Waals surface area contributed by atoms with Crippen LogP contribution in [0.25, 0.3) is 11.4 Å². The fourth-order valence-corrected chi connectivity index (χ4v) is 2.16. The Hall–Kier alpha value is -2.04. The summed E-state index contributed by atoms with van der Waals surface area (Å²) in [5.74, 6) is -0.0495. The van der Waals surface area contributed by atoms with Crippen molar-refractivity contribution in [3.8, 4) is 11.4 Å². The Kier molecular flexibility index (Phi) is 2.44. The van der Waals surface area contributed by atoms with Crippen molar-refractivity contribution in [3.63, 3.8) is 0 Å². The molecule has 2 heterocycles. The molecule has 1 N–H and O–H groups in total. The molecule has 88 valence electrons. The van der Waals surface area contributed by atoms with Crippen LogP contribution < -0.4 is 10.7 Å². The van der Waals surface area contributed by atoms with Crippen LogP contribution in [0.3, 0.4) is 0 Å². The number of hydrogen-bond acceptors (Lipinski definition) is 4. The molecule has 0 bridgehead atoms. The third-order valence-corrected chi connectivity index (χ3v) is 3.05. The summed E-state index contributed by atoms with van der Waals surface area (Å²) in [7, 11) is 0. The summed E-state index contributed by atoms with van der Waals surface area (Å²) < 4.78 is 4.48. The van der Waals surface area contributed by atoms with Gasteiger partial charge in [-0.3, -0.25) is 9.51 Å². The number of aromatic amines is 1. The van der Waals surface area contributed by atoms with Gasteiger partial charge in [0.2, 0.25) is 0 Å². The topological polar surface area (TPSA) is 62.1 Å². The highest BCUT2D eigenvalue weighted by Crippen LogP contribution is 2.23. The lowest BCUT2D eigenvalue weighted by Crippen LogP contribution is -2.17. The van der Waals surface area contributed by atoms with Crippen molar-refractivity contribution in [3.05, 3.63) is 34.8 Å². The first-order chi connectivity index (χ1) is 8.33. The molecule has 1 aromatic heterocycles. The molecule has 5 heteroatoms. The lowest BCUT2D eigenvalue weighted by Gasteiger charge is -2.17. The molecule has 5 nitrogen and oxygen atoms in total. The second-order valence-electron chi connectivity index (χ2n) is 4.18. The van der Waals surface area contributed by atoms with Crippen LogP contribution in [0.4, 0.5) is 5.69 Å². The van der Waals surface area contributed by atoms with E-state index >= 15 is 0 Å². The molecule has 1 saturated heterocycles. The first kappa shape index (κ1) is 10.1. The second-order valence-corrected chi connectivity index (χ2v) is 4.18. The zero-order valence-corrected chi connectivity index (χ0v) is 9.35. The summed E-state index contributed by atoms with van der Waals surface area (Å²) in [5, 5.41) is 3.66. The van der Waals surface area contributed by atoms with E-state index < -0.39 is 5.76 Å². The highest BCUT2D eigenvalue weighted by atomic mass is 16.5. The largest absolute Gasteiger partial charge is 0.439 e. The van der Waals surface area contributed by atoms with Crippen molar-refractivity contribution < 1.29 is 4.52 Å². The molecule has 1 aliphatic rings. The molecule has 3 rings (SSSR count). The van der Waals surface area contributed by atoms with Gasteiger partial charge >= 0.3 is 5.76 Å². The van der Waals surface area contributed by atoms with Crippen molar-refractivity contribution in [2.75, 3.05) is 18.0 Å². The minimum atomic E-state index is -0.524. The predicted molar refractivity (Wildman–Crippen MR) is 64.0 cm³/mol. The van der Waals surface area contributed by atoms with Gasteiger partial charge in [-0.2, -0.15) is 0 Å². The lowest BCUT2D eigenvalue weighted by molar-refractivity contribution is 0.388. The van der Waals surface area contributed by atoms with Gasteiger partial charge in [0.1, 0.15) is 0 Å². The zero-order chi connectivity index (χ0) is 11.7. The fraction of sp³-hybridized carbons (Fsp3) is 0.333. The van der Waals surface area contributed by atoms with Crippen LogP contribution >= 0.6 is 0 Å². The average Bonchev–Trinajstić information content (AvgIpc) is 3.00. The summed E-state index contributed by atoms with van der Waals surface area (Å²) in [5.41, 5.74) is 2.08. The highest BCUT2D eigenvalue weighted by molar-refractivity contribution is 5.60. The molecule has 1 aromatic carbocycles. The average molecular weight is 231 g/mol. The number of nitrogens with one attached hydrogen (secondary N) is 1. The van der Waals surface area contributed by atoms with Crippen LogP contribution in [0.1, 0.15) is 12.8 Å². The number of anilines is 1. The summed E-state index contributed by atoms with van der Waals surface area (Å²) in [6.45, 7) is 2.25. The summed E-state index contributed by atoms with van der Waals surface area (Å²) >= 11 is 0. The fourth-order valence-electron chi connectivity index (χ4n) is 2.16. The van der Waals surface area contributed by atoms with Crippen molar-refractivity contribution in [2.24, 2.45) is 0 Å². The van der Waals surface area contributed by atoms with E-state index in [2.05, 4.69) is 19.6 Å². The Morgan fingerprint density at radius 1 is 1.18 bits per heavy atom. The van der Waals surface area contributed by atoms with E-state index in [9.17, 15) is 4.79 Å². The van der Waals surface area contributed by atoms with Gasteiger partial charge in [0.25, 0.3) is 0 Å². The van der Waals surface area contributed by atoms with Crippen molar-refractivity contribution in [1.29, 1.82) is 0 Å². The molecule has 2 aromatic rings. The molecule has 0 unspecified atom stereocenters. The van der Waals surface area contributed by atoms with Crippen LogP contribution in [0.2, 0.25) is 0 Å². The quantitative estimate of drug-likeness (QED) is 0.853. The van der Waals surface area contributed by atoms with Crippen molar-refractivity contribution in [2.45, 2.75) is 12.8 Å². The summed E-state index contributed by atoms with van der Waals surface area (Å²) in [6, 6.07) is 7.99. The third kappa shape index (κ3) is 1.95. The molecule has 17 heavy (non-hydrogen) atoms. The maximum absolute atomic E-state index is 10.8. The van der Waals surface area contributed by atoms with Crippen LogP contribution in [-0.2, 0) is 0 Å². The SMILES string of the molecule is O=c1[nH]c(-c2ccc(N3CCCC3)cc2)no1. The van der Waals surface area contributed by atoms with Gasteiger partial charge in [-0.15, -0.1) is 0 Å². The first-order valence-corrected chi connectivity index (χ1v) is 5.74. The van der Waals surface area contributed by atoms with Gasteiger partial charge in [-0.1, -0.05) is 5.16 Å². The van der Waals surface area contributed by atoms with Gasteiger partial charge in [-0.25, -0.2) is 4.79 Å². The Bertz CT molecular complexity index is 550. The monoisotopic (exact) mass is 231 g/mol. The minimum absolute atomic E-state index is 0.475. The van der Waals surface area contributed by atoms with E-state index in [4.69, 9.17) is 0 Å². The van der Waals surface area contributed by atoms with E-state index in [1.54, 1.807) is 0 Å². The molecule has 0 saturated carbocycles. The highest BCUT2D eigenvalue weighted by Gasteiger charge is 2.12. The molecule has 1 aliphatic heterocycles. The Labute approximate surface area is 98.0 Å². The smallest absolute Gasteiger partial charge is 0.372 e. The summed E-state index contributed by atoms with van der Waals surface area (Å²) in [4.78, 5) is 15.7. The van der Waals surface area contributed by atoms with E-state index in [1.807, 2.05) is 24.3 Å². The maximum Gasteiger partial charge on any atom is 0.439 e. The molecule has 0 radical (unpaired) electrons. The van der Waals surface area contributed by atoms with E-state index in [-0.39, 0.29) is 0 Å². The van der Waals surface area contributed by atoms with E-state index in [0.29, 0.717) is 5.82 Å². The molecular formula is C12H13N3O2. The number of benzene rings is 1. The Morgan fingerprint density at radius 2 is 1.88 bits per heavy atom. The van der Waals surface area contributed by atoms with Gasteiger partial charge in [0.15, 0.2) is 5.82 Å². The predicted octanol–water partition coefficient (Wildman–Crippen LogP) is 1.63. The molecular weight excluding hydrogens is 218 g/mol. The van der Waals surface area contributed by atoms with Crippen molar-refractivity contribution in [1.82, 2.24) is 10.1 Å². The Morgan fingerprint density at radius 3 is 2.47 bits per heavy atom. The standard InChI is InChI=1S/C12H13N3O2/c16-12-13-11(14-17-12)9-3-5-10(6-4-9)15-7-1-2-8-15/h3-6H,1-2,7-8H2,(H,13,14,16). The van der Waals surface area contributed by atoms with Gasteiger partial charge in [-0.05, 0) is 37.1 Å². The molecule has 0 spiro atoms. The molecule has 0 atom stereocenters. The van der Waals surface area contributed by atoms with Crippen LogP contribution in [0.5, 0.6) is 0 Å². The molecule has 0 aliphatic carbocycles. The second kappa shape index (κ2) is 4.08. The lowest BCUT2D eigenvalue weighted by atomic mass is 10.2. The Balaban J connectivity index is 1.86. The number of rotatable bonds is 2. The maximum atomic E-state index is 10.8. The van der Waals surface area contributed by atoms with Gasteiger partial charge in [0, 0.05) is 24.3 Å². The summed E-state index contributed by atoms with van der Waals surface area (Å²) in [6.07, 6.45) is 2.52. The zero-order valence-electron chi connectivity index (χ0n) is 9.35. The van der Waals surface area contributed by atoms with Gasteiger partial charge < -0.3 is 4.90 Å². The van der Waals surface area contributed by atoms with Gasteiger partial charge in [0.05, 0.1) is 0 Å². The number of hydrogen-bond donors (Lipinski definition) is 1. The third-order valence-electron chi connectivity index (χ3n) is 3.05.